The van der Waals surface area contributed by atoms with E-state index in [1.807, 2.05) is 42.5 Å². The highest BCUT2D eigenvalue weighted by Crippen LogP contribution is 2.30. The van der Waals surface area contributed by atoms with Gasteiger partial charge in [-0.3, -0.25) is 14.3 Å². The van der Waals surface area contributed by atoms with Crippen LogP contribution in [0.3, 0.4) is 0 Å². The van der Waals surface area contributed by atoms with Crippen molar-refractivity contribution in [3.8, 4) is 16.8 Å². The molecule has 0 amide bonds. The Kier molecular flexibility index (Phi) is 4.84. The van der Waals surface area contributed by atoms with Crippen molar-refractivity contribution in [2.24, 2.45) is 0 Å². The van der Waals surface area contributed by atoms with E-state index >= 15 is 0 Å². The van der Waals surface area contributed by atoms with Crippen LogP contribution in [0.25, 0.3) is 38.6 Å². The van der Waals surface area contributed by atoms with Crippen molar-refractivity contribution in [3.05, 3.63) is 100 Å². The average Bonchev–Trinajstić information content (AvgIpc) is 2.78. The van der Waals surface area contributed by atoms with E-state index in [9.17, 15) is 13.2 Å². The first-order valence-electron chi connectivity index (χ1n) is 9.82. The van der Waals surface area contributed by atoms with E-state index in [2.05, 4.69) is 4.98 Å². The first-order chi connectivity index (χ1) is 15.3. The number of fused-ring (bicyclic) bond motifs is 3. The second-order valence-electron chi connectivity index (χ2n) is 7.57. The van der Waals surface area contributed by atoms with Crippen molar-refractivity contribution in [1.29, 1.82) is 0 Å². The van der Waals surface area contributed by atoms with Crippen LogP contribution < -0.4 is 5.56 Å². The minimum Gasteiger partial charge on any atom is -0.276 e. The second kappa shape index (κ2) is 7.58. The molecule has 5 nitrogen and oxygen atoms in total. The fourth-order valence-electron chi connectivity index (χ4n) is 3.83. The van der Waals surface area contributed by atoms with Gasteiger partial charge in [0.15, 0.2) is 9.84 Å². The minimum atomic E-state index is -3.34. The fourth-order valence-corrected chi connectivity index (χ4v) is 4.59. The standard InChI is InChI=1S/C25H17ClN2O3S/c1-32(30,31)21-10-8-20(9-11-21)28-24(29)13-5-18-15-27-23-12-4-17(14-22(23)25(18)28)16-2-6-19(26)7-3-16/h2-15H,1H3. The zero-order chi connectivity index (χ0) is 22.5. The number of nitrogens with zero attached hydrogens (tertiary/aromatic N) is 2. The normalized spacial score (nSPS) is 11.8. The summed E-state index contributed by atoms with van der Waals surface area (Å²) in [5.74, 6) is 0. The van der Waals surface area contributed by atoms with E-state index < -0.39 is 9.84 Å². The largest absolute Gasteiger partial charge is 0.276 e. The number of hydrogen-bond acceptors (Lipinski definition) is 4. The van der Waals surface area contributed by atoms with Crippen molar-refractivity contribution >= 4 is 43.2 Å². The quantitative estimate of drug-likeness (QED) is 0.344. The third-order valence-corrected chi connectivity index (χ3v) is 6.80. The summed E-state index contributed by atoms with van der Waals surface area (Å²) in [6.45, 7) is 0. The molecule has 7 heteroatoms. The molecule has 5 aromatic rings. The average molecular weight is 461 g/mol. The molecule has 2 heterocycles. The molecule has 0 radical (unpaired) electrons. The predicted octanol–water partition coefficient (Wildman–Crippen LogP) is 5.26. The van der Waals surface area contributed by atoms with E-state index in [1.54, 1.807) is 29.0 Å². The highest BCUT2D eigenvalue weighted by Gasteiger charge is 2.13. The van der Waals surface area contributed by atoms with Crippen LogP contribution in [-0.4, -0.2) is 24.2 Å². The molecule has 0 fully saturated rings. The van der Waals surface area contributed by atoms with Crippen LogP contribution in [0.15, 0.2) is 94.7 Å². The summed E-state index contributed by atoms with van der Waals surface area (Å²) in [7, 11) is -3.34. The van der Waals surface area contributed by atoms with Gasteiger partial charge in [0.2, 0.25) is 0 Å². The van der Waals surface area contributed by atoms with Crippen molar-refractivity contribution in [1.82, 2.24) is 9.55 Å². The number of pyridine rings is 2. The number of sulfone groups is 1. The fraction of sp³-hybridized carbons (Fsp3) is 0.0400. The molecule has 158 valence electrons. The zero-order valence-corrected chi connectivity index (χ0v) is 18.6. The molecular formula is C25H17ClN2O3S. The molecule has 0 aliphatic carbocycles. The molecule has 0 aliphatic heterocycles. The Labute approximate surface area is 189 Å². The molecule has 0 saturated heterocycles. The van der Waals surface area contributed by atoms with Gasteiger partial charge in [0.05, 0.1) is 15.9 Å². The molecule has 32 heavy (non-hydrogen) atoms. The van der Waals surface area contributed by atoms with Crippen LogP contribution in [0.2, 0.25) is 5.02 Å². The lowest BCUT2D eigenvalue weighted by Crippen LogP contribution is -2.17. The van der Waals surface area contributed by atoms with Crippen LogP contribution in [-0.2, 0) is 9.84 Å². The Balaban J connectivity index is 1.81. The summed E-state index contributed by atoms with van der Waals surface area (Å²) in [6, 6.07) is 23.0. The third kappa shape index (κ3) is 3.57. The number of aromatic nitrogens is 2. The summed E-state index contributed by atoms with van der Waals surface area (Å²) in [4.78, 5) is 17.7. The van der Waals surface area contributed by atoms with E-state index in [4.69, 9.17) is 11.6 Å². The van der Waals surface area contributed by atoms with Gasteiger partial charge >= 0.3 is 0 Å². The summed E-state index contributed by atoms with van der Waals surface area (Å²) >= 11 is 6.03. The molecule has 0 saturated carbocycles. The van der Waals surface area contributed by atoms with E-state index in [1.165, 1.54) is 18.2 Å². The first-order valence-corrected chi connectivity index (χ1v) is 12.1. The molecule has 2 aromatic heterocycles. The predicted molar refractivity (Wildman–Crippen MR) is 128 cm³/mol. The van der Waals surface area contributed by atoms with Crippen molar-refractivity contribution in [2.45, 2.75) is 4.90 Å². The SMILES string of the molecule is CS(=O)(=O)c1ccc(-n2c(=O)ccc3cnc4ccc(-c5ccc(Cl)cc5)cc4c32)cc1. The zero-order valence-electron chi connectivity index (χ0n) is 17.0. The Morgan fingerprint density at radius 3 is 2.22 bits per heavy atom. The molecule has 0 N–H and O–H groups in total. The van der Waals surface area contributed by atoms with Crippen molar-refractivity contribution in [2.75, 3.05) is 6.26 Å². The van der Waals surface area contributed by atoms with Gasteiger partial charge in [-0.2, -0.15) is 0 Å². The van der Waals surface area contributed by atoms with Crippen molar-refractivity contribution in [3.63, 3.8) is 0 Å². The van der Waals surface area contributed by atoms with Crippen LogP contribution in [0.4, 0.5) is 0 Å². The molecule has 0 bridgehead atoms. The van der Waals surface area contributed by atoms with Crippen LogP contribution in [0, 0.1) is 0 Å². The molecule has 3 aromatic carbocycles. The van der Waals surface area contributed by atoms with E-state index in [0.717, 1.165) is 33.7 Å². The number of benzene rings is 3. The lowest BCUT2D eigenvalue weighted by Gasteiger charge is -2.14. The molecule has 5 rings (SSSR count). The molecule has 0 unspecified atom stereocenters. The summed E-state index contributed by atoms with van der Waals surface area (Å²) in [5.41, 5.74) is 3.80. The highest BCUT2D eigenvalue weighted by molar-refractivity contribution is 7.90. The van der Waals surface area contributed by atoms with Crippen LogP contribution in [0.5, 0.6) is 0 Å². The Hall–Kier alpha value is -3.48. The minimum absolute atomic E-state index is 0.200. The van der Waals surface area contributed by atoms with Gasteiger partial charge < -0.3 is 0 Å². The maximum atomic E-state index is 13.0. The highest BCUT2D eigenvalue weighted by atomic mass is 35.5. The molecule has 0 spiro atoms. The van der Waals surface area contributed by atoms with E-state index in [-0.39, 0.29) is 10.5 Å². The third-order valence-electron chi connectivity index (χ3n) is 5.42. The van der Waals surface area contributed by atoms with E-state index in [0.29, 0.717) is 16.2 Å². The van der Waals surface area contributed by atoms with Gasteiger partial charge in [0.1, 0.15) is 0 Å². The summed E-state index contributed by atoms with van der Waals surface area (Å²) in [5, 5.41) is 2.28. The Bertz CT molecular complexity index is 1660. The summed E-state index contributed by atoms with van der Waals surface area (Å²) in [6.07, 6.45) is 2.89. The van der Waals surface area contributed by atoms with Crippen LogP contribution in [0.1, 0.15) is 0 Å². The van der Waals surface area contributed by atoms with Gasteiger partial charge in [0.25, 0.3) is 5.56 Å². The number of halogens is 1. The maximum absolute atomic E-state index is 13.0. The summed E-state index contributed by atoms with van der Waals surface area (Å²) < 4.78 is 25.3. The van der Waals surface area contributed by atoms with Gasteiger partial charge in [-0.1, -0.05) is 29.8 Å². The molecule has 0 aliphatic rings. The van der Waals surface area contributed by atoms with Gasteiger partial charge in [0, 0.05) is 40.0 Å². The van der Waals surface area contributed by atoms with Crippen LogP contribution >= 0.6 is 11.6 Å². The molecular weight excluding hydrogens is 444 g/mol. The topological polar surface area (TPSA) is 69.0 Å². The Morgan fingerprint density at radius 2 is 1.53 bits per heavy atom. The monoisotopic (exact) mass is 460 g/mol. The van der Waals surface area contributed by atoms with Gasteiger partial charge in [-0.05, 0) is 65.7 Å². The second-order valence-corrected chi connectivity index (χ2v) is 10.0. The Morgan fingerprint density at radius 1 is 0.844 bits per heavy atom. The number of rotatable bonds is 3. The van der Waals surface area contributed by atoms with Gasteiger partial charge in [-0.15, -0.1) is 0 Å². The number of hydrogen-bond donors (Lipinski definition) is 0. The first kappa shape index (κ1) is 20.4. The maximum Gasteiger partial charge on any atom is 0.255 e. The van der Waals surface area contributed by atoms with Crippen molar-refractivity contribution < 1.29 is 8.42 Å². The molecule has 0 atom stereocenters. The lowest BCUT2D eigenvalue weighted by atomic mass is 10.0. The smallest absolute Gasteiger partial charge is 0.255 e. The lowest BCUT2D eigenvalue weighted by molar-refractivity contribution is 0.602. The van der Waals surface area contributed by atoms with Gasteiger partial charge in [-0.25, -0.2) is 8.42 Å².